The van der Waals surface area contributed by atoms with Gasteiger partial charge in [-0.3, -0.25) is 4.79 Å². The van der Waals surface area contributed by atoms with Crippen LogP contribution in [-0.2, 0) is 9.59 Å². The number of carbonyl (C=O) groups is 3. The summed E-state index contributed by atoms with van der Waals surface area (Å²) in [6.07, 6.45) is -0.909. The number of primary amides is 1. The van der Waals surface area contributed by atoms with Crippen LogP contribution in [-0.4, -0.2) is 57.3 Å². The number of amides is 3. The van der Waals surface area contributed by atoms with Crippen LogP contribution in [0.3, 0.4) is 0 Å². The first-order chi connectivity index (χ1) is 8.15. The standard InChI is InChI=1S/C10H17N3O5/c1-10(2,8(11)17)12-9(18)13-4-5(14)3-6(13)7(15)16/h5-6,14H,3-4H2,1-2H3,(H2,11,17)(H,12,18)(H,15,16)/t5?,6-/m1/s1. The smallest absolute Gasteiger partial charge is 0.326 e. The van der Waals surface area contributed by atoms with Crippen molar-refractivity contribution >= 4 is 17.9 Å². The summed E-state index contributed by atoms with van der Waals surface area (Å²) in [7, 11) is 0. The van der Waals surface area contributed by atoms with Crippen molar-refractivity contribution in [2.24, 2.45) is 5.73 Å². The number of hydrogen-bond donors (Lipinski definition) is 4. The Morgan fingerprint density at radius 3 is 2.39 bits per heavy atom. The van der Waals surface area contributed by atoms with Gasteiger partial charge in [0.25, 0.3) is 0 Å². The highest BCUT2D eigenvalue weighted by molar-refractivity contribution is 5.90. The number of carboxylic acid groups (broad SMARTS) is 1. The Kier molecular flexibility index (Phi) is 3.80. The molecule has 1 heterocycles. The number of hydrogen-bond acceptors (Lipinski definition) is 4. The van der Waals surface area contributed by atoms with Gasteiger partial charge in [-0.25, -0.2) is 9.59 Å². The molecule has 0 aliphatic carbocycles. The third-order valence-corrected chi connectivity index (χ3v) is 2.86. The minimum absolute atomic E-state index is 0.0280. The monoisotopic (exact) mass is 259 g/mol. The van der Waals surface area contributed by atoms with Crippen LogP contribution >= 0.6 is 0 Å². The van der Waals surface area contributed by atoms with Gasteiger partial charge in [0.1, 0.15) is 11.6 Å². The highest BCUT2D eigenvalue weighted by Crippen LogP contribution is 2.19. The Bertz CT molecular complexity index is 382. The van der Waals surface area contributed by atoms with Gasteiger partial charge < -0.3 is 26.2 Å². The van der Waals surface area contributed by atoms with Gasteiger partial charge in [0, 0.05) is 13.0 Å². The van der Waals surface area contributed by atoms with E-state index >= 15 is 0 Å². The molecule has 1 rings (SSSR count). The van der Waals surface area contributed by atoms with E-state index in [1.165, 1.54) is 13.8 Å². The van der Waals surface area contributed by atoms with Crippen molar-refractivity contribution in [2.75, 3.05) is 6.54 Å². The van der Waals surface area contributed by atoms with Gasteiger partial charge in [-0.2, -0.15) is 0 Å². The Balaban J connectivity index is 2.78. The number of nitrogens with one attached hydrogen (secondary N) is 1. The largest absolute Gasteiger partial charge is 0.480 e. The number of rotatable bonds is 3. The number of aliphatic hydroxyl groups excluding tert-OH is 1. The van der Waals surface area contributed by atoms with Gasteiger partial charge in [0.2, 0.25) is 5.91 Å². The molecule has 3 amide bonds. The Morgan fingerprint density at radius 2 is 1.94 bits per heavy atom. The third kappa shape index (κ3) is 2.89. The summed E-state index contributed by atoms with van der Waals surface area (Å²) in [5.74, 6) is -1.93. The summed E-state index contributed by atoms with van der Waals surface area (Å²) >= 11 is 0. The zero-order valence-electron chi connectivity index (χ0n) is 10.2. The lowest BCUT2D eigenvalue weighted by Gasteiger charge is -2.28. The summed E-state index contributed by atoms with van der Waals surface area (Å²) in [4.78, 5) is 34.9. The van der Waals surface area contributed by atoms with E-state index in [0.717, 1.165) is 4.90 Å². The van der Waals surface area contributed by atoms with E-state index in [-0.39, 0.29) is 13.0 Å². The third-order valence-electron chi connectivity index (χ3n) is 2.86. The first kappa shape index (κ1) is 14.2. The zero-order valence-corrected chi connectivity index (χ0v) is 10.2. The lowest BCUT2D eigenvalue weighted by atomic mass is 10.1. The predicted octanol–water partition coefficient (Wildman–Crippen LogP) is -1.52. The molecule has 102 valence electrons. The van der Waals surface area contributed by atoms with E-state index < -0.39 is 35.6 Å². The summed E-state index contributed by atoms with van der Waals surface area (Å²) in [6, 6.07) is -1.83. The van der Waals surface area contributed by atoms with Crippen molar-refractivity contribution in [3.8, 4) is 0 Å². The second-order valence-corrected chi connectivity index (χ2v) is 4.82. The number of nitrogens with zero attached hydrogens (tertiary/aromatic N) is 1. The van der Waals surface area contributed by atoms with Crippen LogP contribution < -0.4 is 11.1 Å². The maximum absolute atomic E-state index is 11.9. The van der Waals surface area contributed by atoms with E-state index in [2.05, 4.69) is 5.32 Å². The summed E-state index contributed by atoms with van der Waals surface area (Å²) in [5.41, 5.74) is 3.82. The fraction of sp³-hybridized carbons (Fsp3) is 0.700. The Hall–Kier alpha value is -1.83. The summed E-state index contributed by atoms with van der Waals surface area (Å²) < 4.78 is 0. The molecule has 5 N–H and O–H groups in total. The number of urea groups is 1. The minimum atomic E-state index is -1.28. The van der Waals surface area contributed by atoms with E-state index in [9.17, 15) is 19.5 Å². The molecule has 1 aliphatic heterocycles. The van der Waals surface area contributed by atoms with Crippen LogP contribution in [0, 0.1) is 0 Å². The van der Waals surface area contributed by atoms with Gasteiger partial charge in [0.15, 0.2) is 0 Å². The number of aliphatic carboxylic acids is 1. The molecule has 0 aromatic heterocycles. The second-order valence-electron chi connectivity index (χ2n) is 4.82. The van der Waals surface area contributed by atoms with E-state index in [1.807, 2.05) is 0 Å². The van der Waals surface area contributed by atoms with Crippen molar-refractivity contribution in [3.05, 3.63) is 0 Å². The fourth-order valence-electron chi connectivity index (χ4n) is 1.67. The molecular weight excluding hydrogens is 242 g/mol. The number of carbonyl (C=O) groups excluding carboxylic acids is 2. The molecule has 8 nitrogen and oxygen atoms in total. The van der Waals surface area contributed by atoms with Crippen LogP contribution in [0.2, 0.25) is 0 Å². The first-order valence-electron chi connectivity index (χ1n) is 5.44. The molecule has 1 unspecified atom stereocenters. The molecule has 1 saturated heterocycles. The van der Waals surface area contributed by atoms with Crippen LogP contribution in [0.5, 0.6) is 0 Å². The van der Waals surface area contributed by atoms with Gasteiger partial charge >= 0.3 is 12.0 Å². The van der Waals surface area contributed by atoms with Crippen LogP contribution in [0.25, 0.3) is 0 Å². The van der Waals surface area contributed by atoms with Crippen molar-refractivity contribution < 1.29 is 24.6 Å². The SMILES string of the molecule is CC(C)(NC(=O)N1CC(O)C[C@@H]1C(=O)O)C(N)=O. The fourth-order valence-corrected chi connectivity index (χ4v) is 1.67. The van der Waals surface area contributed by atoms with Crippen molar-refractivity contribution in [1.82, 2.24) is 10.2 Å². The van der Waals surface area contributed by atoms with Crippen molar-refractivity contribution in [1.29, 1.82) is 0 Å². The summed E-state index contributed by atoms with van der Waals surface area (Å²) in [6.45, 7) is 2.74. The maximum Gasteiger partial charge on any atom is 0.326 e. The second kappa shape index (κ2) is 4.81. The molecule has 0 spiro atoms. The van der Waals surface area contributed by atoms with E-state index in [0.29, 0.717) is 0 Å². The molecule has 0 aromatic rings. The van der Waals surface area contributed by atoms with Gasteiger partial charge in [-0.1, -0.05) is 0 Å². The van der Waals surface area contributed by atoms with Gasteiger partial charge in [-0.05, 0) is 13.8 Å². The number of likely N-dealkylation sites (tertiary alicyclic amines) is 1. The van der Waals surface area contributed by atoms with Crippen LogP contribution in [0.15, 0.2) is 0 Å². The molecule has 0 aromatic carbocycles. The molecule has 1 fully saturated rings. The quantitative estimate of drug-likeness (QED) is 0.488. The predicted molar refractivity (Wildman–Crippen MR) is 60.6 cm³/mol. The molecule has 0 saturated carbocycles. The first-order valence-corrected chi connectivity index (χ1v) is 5.44. The molecule has 0 bridgehead atoms. The topological polar surface area (TPSA) is 133 Å². The van der Waals surface area contributed by atoms with E-state index in [1.54, 1.807) is 0 Å². The highest BCUT2D eigenvalue weighted by atomic mass is 16.4. The van der Waals surface area contributed by atoms with Crippen LogP contribution in [0.1, 0.15) is 20.3 Å². The minimum Gasteiger partial charge on any atom is -0.480 e. The number of nitrogens with two attached hydrogens (primary N) is 1. The van der Waals surface area contributed by atoms with Gasteiger partial charge in [0.05, 0.1) is 6.10 Å². The highest BCUT2D eigenvalue weighted by Gasteiger charge is 2.41. The molecule has 2 atom stereocenters. The van der Waals surface area contributed by atoms with Crippen molar-refractivity contribution in [3.63, 3.8) is 0 Å². The average molecular weight is 259 g/mol. The number of aliphatic hydroxyl groups is 1. The van der Waals surface area contributed by atoms with Crippen molar-refractivity contribution in [2.45, 2.75) is 38.0 Å². The lowest BCUT2D eigenvalue weighted by Crippen LogP contribution is -2.58. The Morgan fingerprint density at radius 1 is 1.39 bits per heavy atom. The molecule has 1 aliphatic rings. The lowest BCUT2D eigenvalue weighted by molar-refractivity contribution is -0.141. The van der Waals surface area contributed by atoms with Gasteiger partial charge in [-0.15, -0.1) is 0 Å². The zero-order chi connectivity index (χ0) is 14.1. The molecule has 8 heteroatoms. The molecular formula is C10H17N3O5. The maximum atomic E-state index is 11.9. The number of β-amino-alcohol motifs (C(OH)–C–C–N with tert-alkyl or cyclic N) is 1. The molecule has 0 radical (unpaired) electrons. The normalized spacial score (nSPS) is 23.8. The number of carboxylic acids is 1. The van der Waals surface area contributed by atoms with Crippen LogP contribution in [0.4, 0.5) is 4.79 Å². The summed E-state index contributed by atoms with van der Waals surface area (Å²) in [5, 5.41) is 20.7. The molecule has 18 heavy (non-hydrogen) atoms. The van der Waals surface area contributed by atoms with E-state index in [4.69, 9.17) is 10.8 Å². The Labute approximate surface area is 104 Å². The average Bonchev–Trinajstić information content (AvgIpc) is 2.59.